The summed E-state index contributed by atoms with van der Waals surface area (Å²) in [5.74, 6) is 0.587. The van der Waals surface area contributed by atoms with E-state index in [9.17, 15) is 9.59 Å². The van der Waals surface area contributed by atoms with Gasteiger partial charge in [0.25, 0.3) is 5.91 Å². The van der Waals surface area contributed by atoms with E-state index in [4.69, 9.17) is 9.72 Å². The van der Waals surface area contributed by atoms with Crippen LogP contribution in [-0.4, -0.2) is 46.0 Å². The van der Waals surface area contributed by atoms with Crippen molar-refractivity contribution in [2.75, 3.05) is 12.4 Å². The van der Waals surface area contributed by atoms with Crippen molar-refractivity contribution in [1.82, 2.24) is 25.4 Å². The molecule has 1 aliphatic heterocycles. The fraction of sp³-hybridized carbons (Fsp3) is 0.500. The van der Waals surface area contributed by atoms with Crippen LogP contribution in [0.2, 0.25) is 0 Å². The van der Waals surface area contributed by atoms with Crippen LogP contribution < -0.4 is 16.0 Å². The lowest BCUT2D eigenvalue weighted by molar-refractivity contribution is 0.0966. The number of anilines is 1. The average Bonchev–Trinajstić information content (AvgIpc) is 3.36. The molecule has 0 aromatic carbocycles. The molecule has 1 aliphatic carbocycles. The molecule has 1 saturated carbocycles. The number of pyridine rings is 1. The largest absolute Gasteiger partial charge is 0.453 e. The number of amides is 2. The van der Waals surface area contributed by atoms with Gasteiger partial charge >= 0.3 is 6.09 Å². The standard InChI is InChI=1S/C20H26N6O3/c1-3-26-11-13(10-22-26)18-17-12(9-21-19(17)27)8-16(25-18)23-14-6-4-5-7-15(14)24-20(28)29-2/h8,10-11,14-15H,3-7,9H2,1-2H3,(H,21,27)(H,23,25)(H,24,28)/t14-,15+/m1/s1. The number of methoxy groups -OCH3 is 1. The number of fused-ring (bicyclic) bond motifs is 1. The molecule has 0 spiro atoms. The third kappa shape index (κ3) is 3.90. The number of hydrogen-bond donors (Lipinski definition) is 3. The molecule has 2 amide bonds. The zero-order valence-corrected chi connectivity index (χ0v) is 16.7. The number of nitrogens with one attached hydrogen (secondary N) is 3. The molecular formula is C20H26N6O3. The van der Waals surface area contributed by atoms with Gasteiger partial charge in [0.05, 0.1) is 30.6 Å². The number of alkyl carbamates (subject to hydrolysis) is 1. The minimum atomic E-state index is -0.423. The second kappa shape index (κ2) is 8.10. The summed E-state index contributed by atoms with van der Waals surface area (Å²) in [6, 6.07) is 1.94. The van der Waals surface area contributed by atoms with Crippen LogP contribution >= 0.6 is 0 Å². The highest BCUT2D eigenvalue weighted by molar-refractivity contribution is 6.04. The predicted molar refractivity (Wildman–Crippen MR) is 108 cm³/mol. The van der Waals surface area contributed by atoms with E-state index in [1.165, 1.54) is 7.11 Å². The van der Waals surface area contributed by atoms with E-state index in [0.29, 0.717) is 23.6 Å². The molecule has 0 saturated heterocycles. The Morgan fingerprint density at radius 3 is 2.86 bits per heavy atom. The lowest BCUT2D eigenvalue weighted by Crippen LogP contribution is -2.48. The topological polar surface area (TPSA) is 110 Å². The molecule has 2 atom stereocenters. The predicted octanol–water partition coefficient (Wildman–Crippen LogP) is 2.29. The van der Waals surface area contributed by atoms with Crippen molar-refractivity contribution in [3.8, 4) is 11.3 Å². The monoisotopic (exact) mass is 398 g/mol. The van der Waals surface area contributed by atoms with Crippen molar-refractivity contribution in [2.24, 2.45) is 0 Å². The number of aromatic nitrogens is 3. The SMILES string of the molecule is CCn1cc(-c2nc(N[C@@H]3CCCC[C@@H]3NC(=O)OC)cc3c2C(=O)NC3)cn1. The van der Waals surface area contributed by atoms with Crippen LogP contribution in [0.15, 0.2) is 18.5 Å². The molecule has 0 bridgehead atoms. The van der Waals surface area contributed by atoms with Gasteiger partial charge in [-0.2, -0.15) is 5.10 Å². The Bertz CT molecular complexity index is 925. The summed E-state index contributed by atoms with van der Waals surface area (Å²) in [6.07, 6.45) is 7.17. The number of aryl methyl sites for hydroxylation is 1. The van der Waals surface area contributed by atoms with Crippen LogP contribution in [-0.2, 0) is 17.8 Å². The van der Waals surface area contributed by atoms with E-state index in [2.05, 4.69) is 21.0 Å². The van der Waals surface area contributed by atoms with Crippen molar-refractivity contribution >= 4 is 17.8 Å². The van der Waals surface area contributed by atoms with Gasteiger partial charge in [-0.3, -0.25) is 9.48 Å². The zero-order valence-electron chi connectivity index (χ0n) is 16.7. The molecule has 0 radical (unpaired) electrons. The third-order valence-corrected chi connectivity index (χ3v) is 5.59. The second-order valence-electron chi connectivity index (χ2n) is 7.44. The molecule has 29 heavy (non-hydrogen) atoms. The average molecular weight is 398 g/mol. The van der Waals surface area contributed by atoms with Gasteiger partial charge in [0.2, 0.25) is 0 Å². The highest BCUT2D eigenvalue weighted by atomic mass is 16.5. The van der Waals surface area contributed by atoms with E-state index in [-0.39, 0.29) is 18.0 Å². The van der Waals surface area contributed by atoms with Crippen LogP contribution in [0, 0.1) is 0 Å². The summed E-state index contributed by atoms with van der Waals surface area (Å²) in [6.45, 7) is 3.24. The lowest BCUT2D eigenvalue weighted by Gasteiger charge is -2.32. The van der Waals surface area contributed by atoms with E-state index in [1.54, 1.807) is 6.20 Å². The Morgan fingerprint density at radius 1 is 1.34 bits per heavy atom. The smallest absolute Gasteiger partial charge is 0.407 e. The molecule has 9 heteroatoms. The van der Waals surface area contributed by atoms with Crippen molar-refractivity contribution < 1.29 is 14.3 Å². The zero-order chi connectivity index (χ0) is 20.4. The second-order valence-corrected chi connectivity index (χ2v) is 7.44. The third-order valence-electron chi connectivity index (χ3n) is 5.59. The van der Waals surface area contributed by atoms with Gasteiger partial charge in [-0.1, -0.05) is 12.8 Å². The van der Waals surface area contributed by atoms with Crippen molar-refractivity contribution in [3.63, 3.8) is 0 Å². The quantitative estimate of drug-likeness (QED) is 0.713. The number of carbonyl (C=O) groups is 2. The maximum atomic E-state index is 12.4. The van der Waals surface area contributed by atoms with Crippen LogP contribution in [0.3, 0.4) is 0 Å². The number of rotatable bonds is 5. The minimum absolute atomic E-state index is 0.0303. The maximum absolute atomic E-state index is 12.4. The van der Waals surface area contributed by atoms with E-state index in [1.807, 2.05) is 23.9 Å². The first-order valence-corrected chi connectivity index (χ1v) is 10.0. The number of ether oxygens (including phenoxy) is 1. The fourth-order valence-electron chi connectivity index (χ4n) is 4.07. The van der Waals surface area contributed by atoms with Gasteiger partial charge in [-0.05, 0) is 31.4 Å². The normalized spacial score (nSPS) is 20.7. The minimum Gasteiger partial charge on any atom is -0.453 e. The van der Waals surface area contributed by atoms with E-state index < -0.39 is 6.09 Å². The van der Waals surface area contributed by atoms with Gasteiger partial charge in [0.15, 0.2) is 0 Å². The summed E-state index contributed by atoms with van der Waals surface area (Å²) in [7, 11) is 1.37. The molecule has 1 fully saturated rings. The van der Waals surface area contributed by atoms with E-state index in [0.717, 1.165) is 43.4 Å². The molecule has 0 unspecified atom stereocenters. The van der Waals surface area contributed by atoms with Crippen molar-refractivity contribution in [3.05, 3.63) is 29.6 Å². The first-order chi connectivity index (χ1) is 14.1. The highest BCUT2D eigenvalue weighted by Gasteiger charge is 2.30. The summed E-state index contributed by atoms with van der Waals surface area (Å²) < 4.78 is 6.58. The van der Waals surface area contributed by atoms with Gasteiger partial charge in [0, 0.05) is 30.9 Å². The number of nitrogens with zero attached hydrogens (tertiary/aromatic N) is 3. The molecule has 9 nitrogen and oxygen atoms in total. The Hall–Kier alpha value is -3.10. The summed E-state index contributed by atoms with van der Waals surface area (Å²) in [5, 5.41) is 13.6. The van der Waals surface area contributed by atoms with Gasteiger partial charge in [-0.25, -0.2) is 9.78 Å². The first kappa shape index (κ1) is 19.2. The number of hydrogen-bond acceptors (Lipinski definition) is 6. The molecule has 2 aromatic rings. The van der Waals surface area contributed by atoms with E-state index >= 15 is 0 Å². The number of carbonyl (C=O) groups excluding carboxylic acids is 2. The first-order valence-electron chi connectivity index (χ1n) is 10.0. The van der Waals surface area contributed by atoms with Crippen LogP contribution in [0.4, 0.5) is 10.6 Å². The molecule has 154 valence electrons. The Labute approximate surface area is 169 Å². The molecule has 3 heterocycles. The van der Waals surface area contributed by atoms with Crippen molar-refractivity contribution in [1.29, 1.82) is 0 Å². The van der Waals surface area contributed by atoms with Crippen LogP contribution in [0.5, 0.6) is 0 Å². The molecule has 3 N–H and O–H groups in total. The Kier molecular flexibility index (Phi) is 5.37. The Morgan fingerprint density at radius 2 is 2.14 bits per heavy atom. The Balaban J connectivity index is 1.65. The lowest BCUT2D eigenvalue weighted by atomic mass is 9.90. The van der Waals surface area contributed by atoms with Gasteiger partial charge in [-0.15, -0.1) is 0 Å². The van der Waals surface area contributed by atoms with Gasteiger partial charge < -0.3 is 20.7 Å². The molecule has 4 rings (SSSR count). The summed E-state index contributed by atoms with van der Waals surface area (Å²) in [4.78, 5) is 28.9. The summed E-state index contributed by atoms with van der Waals surface area (Å²) >= 11 is 0. The maximum Gasteiger partial charge on any atom is 0.407 e. The summed E-state index contributed by atoms with van der Waals surface area (Å²) in [5.41, 5.74) is 2.98. The molecule has 2 aromatic heterocycles. The van der Waals surface area contributed by atoms with Gasteiger partial charge in [0.1, 0.15) is 5.82 Å². The fourth-order valence-corrected chi connectivity index (χ4v) is 4.07. The van der Waals surface area contributed by atoms with Crippen molar-refractivity contribution in [2.45, 2.75) is 57.8 Å². The van der Waals surface area contributed by atoms with Crippen LogP contribution in [0.1, 0.15) is 48.5 Å². The molecular weight excluding hydrogens is 372 g/mol. The molecule has 2 aliphatic rings. The van der Waals surface area contributed by atoms with Crippen LogP contribution in [0.25, 0.3) is 11.3 Å². The highest BCUT2D eigenvalue weighted by Crippen LogP contribution is 2.31.